The molecule has 1 aromatic heterocycles. The third kappa shape index (κ3) is 3.60. The summed E-state index contributed by atoms with van der Waals surface area (Å²) in [5.41, 5.74) is 3.57. The zero-order chi connectivity index (χ0) is 19.6. The summed E-state index contributed by atoms with van der Waals surface area (Å²) in [4.78, 5) is 11.5. The van der Waals surface area contributed by atoms with E-state index in [0.29, 0.717) is 5.95 Å². The van der Waals surface area contributed by atoms with E-state index < -0.39 is 0 Å². The van der Waals surface area contributed by atoms with E-state index >= 15 is 0 Å². The number of hydrogen-bond donors (Lipinski definition) is 0. The first-order valence-corrected chi connectivity index (χ1v) is 10.1. The molecule has 0 amide bonds. The maximum absolute atomic E-state index is 13.2. The third-order valence-corrected chi connectivity index (χ3v) is 5.68. The summed E-state index contributed by atoms with van der Waals surface area (Å²) in [5.74, 6) is 1.32. The summed E-state index contributed by atoms with van der Waals surface area (Å²) < 4.78 is 13.2. The minimum absolute atomic E-state index is 0.203. The minimum Gasteiger partial charge on any atom is -0.368 e. The fourth-order valence-corrected chi connectivity index (χ4v) is 4.14. The number of anilines is 4. The molecule has 1 saturated heterocycles. The summed E-state index contributed by atoms with van der Waals surface area (Å²) in [6.07, 6.45) is 3.92. The summed E-state index contributed by atoms with van der Waals surface area (Å²) in [5, 5.41) is 8.56. The van der Waals surface area contributed by atoms with Gasteiger partial charge >= 0.3 is 0 Å². The molecule has 0 atom stereocenters. The van der Waals surface area contributed by atoms with Gasteiger partial charge in [0.05, 0.1) is 6.20 Å². The van der Waals surface area contributed by atoms with E-state index in [1.807, 2.05) is 12.1 Å². The van der Waals surface area contributed by atoms with Crippen molar-refractivity contribution in [3.05, 3.63) is 66.1 Å². The number of fused-ring (bicyclic) bond motifs is 1. The molecule has 0 bridgehead atoms. The molecule has 3 heterocycles. The molecule has 0 N–H and O–H groups in total. The molecule has 5 rings (SSSR count). The molecule has 0 aliphatic carbocycles. The van der Waals surface area contributed by atoms with Crippen LogP contribution in [0.4, 0.5) is 27.5 Å². The molecular weight excluding hydrogens is 367 g/mol. The maximum Gasteiger partial charge on any atom is 0.251 e. The van der Waals surface area contributed by atoms with Crippen LogP contribution >= 0.6 is 0 Å². The Bertz CT molecular complexity index is 985. The highest BCUT2D eigenvalue weighted by atomic mass is 19.1. The van der Waals surface area contributed by atoms with Crippen molar-refractivity contribution in [3.63, 3.8) is 0 Å². The van der Waals surface area contributed by atoms with Crippen molar-refractivity contribution in [2.75, 3.05) is 47.4 Å². The molecule has 0 saturated carbocycles. The second-order valence-electron chi connectivity index (χ2n) is 7.45. The fourth-order valence-electron chi connectivity index (χ4n) is 4.14. The van der Waals surface area contributed by atoms with Gasteiger partial charge in [-0.1, -0.05) is 18.2 Å². The van der Waals surface area contributed by atoms with E-state index in [2.05, 4.69) is 49.2 Å². The Morgan fingerprint density at radius 1 is 0.828 bits per heavy atom. The Morgan fingerprint density at radius 3 is 2.41 bits per heavy atom. The van der Waals surface area contributed by atoms with Gasteiger partial charge in [-0.3, -0.25) is 0 Å². The number of nitrogens with zero attached hydrogens (tertiary/aromatic N) is 6. The van der Waals surface area contributed by atoms with Gasteiger partial charge < -0.3 is 14.7 Å². The van der Waals surface area contributed by atoms with Crippen LogP contribution in [0.3, 0.4) is 0 Å². The van der Waals surface area contributed by atoms with Gasteiger partial charge in [-0.2, -0.15) is 10.1 Å². The zero-order valence-electron chi connectivity index (χ0n) is 16.2. The molecule has 2 aliphatic heterocycles. The maximum atomic E-state index is 13.2. The van der Waals surface area contributed by atoms with Gasteiger partial charge in [-0.15, -0.1) is 5.10 Å². The van der Waals surface area contributed by atoms with E-state index in [1.54, 1.807) is 6.20 Å². The van der Waals surface area contributed by atoms with Crippen LogP contribution in [0.1, 0.15) is 12.0 Å². The predicted octanol–water partition coefficient (Wildman–Crippen LogP) is 3.42. The Labute approximate surface area is 169 Å². The number of halogens is 1. The van der Waals surface area contributed by atoms with E-state index in [-0.39, 0.29) is 5.82 Å². The van der Waals surface area contributed by atoms with Gasteiger partial charge in [0.2, 0.25) is 0 Å². The van der Waals surface area contributed by atoms with Crippen molar-refractivity contribution >= 4 is 23.1 Å². The normalized spacial score (nSPS) is 16.7. The molecule has 29 heavy (non-hydrogen) atoms. The van der Waals surface area contributed by atoms with Gasteiger partial charge in [0.25, 0.3) is 5.95 Å². The predicted molar refractivity (Wildman–Crippen MR) is 112 cm³/mol. The number of aromatic nitrogens is 3. The number of aryl methyl sites for hydroxylation is 1. The van der Waals surface area contributed by atoms with Crippen LogP contribution in [0.15, 0.2) is 54.7 Å². The van der Waals surface area contributed by atoms with Gasteiger partial charge in [-0.25, -0.2) is 4.39 Å². The van der Waals surface area contributed by atoms with Gasteiger partial charge in [-0.05, 0) is 48.7 Å². The SMILES string of the molecule is Fc1ccc(N2CCN(c3cnnc(N4CCCc5ccccc54)n3)CC2)cc1. The van der Waals surface area contributed by atoms with Gasteiger partial charge in [0.1, 0.15) is 5.82 Å². The Balaban J connectivity index is 1.32. The van der Waals surface area contributed by atoms with Gasteiger partial charge in [0, 0.05) is 44.1 Å². The van der Waals surface area contributed by atoms with Crippen LogP contribution < -0.4 is 14.7 Å². The van der Waals surface area contributed by atoms with E-state index in [1.165, 1.54) is 23.4 Å². The van der Waals surface area contributed by atoms with Crippen LogP contribution in [-0.4, -0.2) is 47.9 Å². The van der Waals surface area contributed by atoms with Crippen molar-refractivity contribution in [3.8, 4) is 0 Å². The first-order valence-electron chi connectivity index (χ1n) is 10.1. The van der Waals surface area contributed by atoms with Crippen LogP contribution in [0.5, 0.6) is 0 Å². The molecule has 0 radical (unpaired) electrons. The van der Waals surface area contributed by atoms with Crippen molar-refractivity contribution < 1.29 is 4.39 Å². The second kappa shape index (κ2) is 7.66. The topological polar surface area (TPSA) is 48.4 Å². The summed E-state index contributed by atoms with van der Waals surface area (Å²) in [6, 6.07) is 15.1. The molecule has 3 aromatic rings. The van der Waals surface area contributed by atoms with Crippen molar-refractivity contribution in [2.24, 2.45) is 0 Å². The monoisotopic (exact) mass is 390 g/mol. The Hall–Kier alpha value is -3.22. The average molecular weight is 390 g/mol. The smallest absolute Gasteiger partial charge is 0.251 e. The highest BCUT2D eigenvalue weighted by Crippen LogP contribution is 2.31. The van der Waals surface area contributed by atoms with Gasteiger partial charge in [0.15, 0.2) is 5.82 Å². The first kappa shape index (κ1) is 17.8. The quantitative estimate of drug-likeness (QED) is 0.683. The van der Waals surface area contributed by atoms with E-state index in [0.717, 1.165) is 57.1 Å². The number of hydrogen-bond acceptors (Lipinski definition) is 6. The molecule has 0 unspecified atom stereocenters. The van der Waals surface area contributed by atoms with Crippen LogP contribution in [0, 0.1) is 5.82 Å². The largest absolute Gasteiger partial charge is 0.368 e. The molecule has 1 fully saturated rings. The van der Waals surface area contributed by atoms with Crippen LogP contribution in [0.2, 0.25) is 0 Å². The minimum atomic E-state index is -0.203. The zero-order valence-corrected chi connectivity index (χ0v) is 16.2. The Morgan fingerprint density at radius 2 is 1.59 bits per heavy atom. The first-order chi connectivity index (χ1) is 14.3. The average Bonchev–Trinajstić information content (AvgIpc) is 2.79. The number of para-hydroxylation sites is 1. The summed E-state index contributed by atoms with van der Waals surface area (Å²) >= 11 is 0. The lowest BCUT2D eigenvalue weighted by molar-refractivity contribution is 0.623. The number of benzene rings is 2. The highest BCUT2D eigenvalue weighted by Gasteiger charge is 2.23. The van der Waals surface area contributed by atoms with Crippen molar-refractivity contribution in [1.82, 2.24) is 15.2 Å². The van der Waals surface area contributed by atoms with E-state index in [4.69, 9.17) is 4.98 Å². The highest BCUT2D eigenvalue weighted by molar-refractivity contribution is 5.64. The van der Waals surface area contributed by atoms with Crippen LogP contribution in [-0.2, 0) is 6.42 Å². The number of piperazine rings is 1. The molecular formula is C22H23FN6. The summed E-state index contributed by atoms with van der Waals surface area (Å²) in [7, 11) is 0. The van der Waals surface area contributed by atoms with Crippen molar-refractivity contribution in [1.29, 1.82) is 0 Å². The standard InChI is InChI=1S/C22H23FN6/c23-18-7-9-19(10-8-18)27-12-14-28(15-13-27)21-16-24-26-22(25-21)29-11-3-5-17-4-1-2-6-20(17)29/h1-2,4,6-10,16H,3,5,11-15H2. The lowest BCUT2D eigenvalue weighted by atomic mass is 10.0. The third-order valence-electron chi connectivity index (χ3n) is 5.68. The molecule has 6 nitrogen and oxygen atoms in total. The van der Waals surface area contributed by atoms with Crippen LogP contribution in [0.25, 0.3) is 0 Å². The van der Waals surface area contributed by atoms with E-state index in [9.17, 15) is 4.39 Å². The molecule has 148 valence electrons. The fraction of sp³-hybridized carbons (Fsp3) is 0.318. The lowest BCUT2D eigenvalue weighted by Crippen LogP contribution is -2.47. The molecule has 7 heteroatoms. The summed E-state index contributed by atoms with van der Waals surface area (Å²) in [6.45, 7) is 4.30. The Kier molecular flexibility index (Phi) is 4.71. The molecule has 2 aliphatic rings. The molecule has 0 spiro atoms. The lowest BCUT2D eigenvalue weighted by Gasteiger charge is -2.37. The second-order valence-corrected chi connectivity index (χ2v) is 7.45. The van der Waals surface area contributed by atoms with Crippen molar-refractivity contribution in [2.45, 2.75) is 12.8 Å². The number of rotatable bonds is 3. The molecule has 2 aromatic carbocycles.